The van der Waals surface area contributed by atoms with Gasteiger partial charge in [-0.05, 0) is 59.0 Å². The lowest BCUT2D eigenvalue weighted by Crippen LogP contribution is -2.12. The fourth-order valence-corrected chi connectivity index (χ4v) is 3.84. The molecular weight excluding hydrogens is 534 g/mol. The number of hydrogen-bond acceptors (Lipinski definition) is 3. The van der Waals surface area contributed by atoms with Gasteiger partial charge >= 0.3 is 0 Å². The summed E-state index contributed by atoms with van der Waals surface area (Å²) in [5, 5.41) is 4.96. The summed E-state index contributed by atoms with van der Waals surface area (Å²) in [4.78, 5) is 24.1. The largest absolute Gasteiger partial charge is 0.350 e. The van der Waals surface area contributed by atoms with E-state index in [1.165, 1.54) is 35.9 Å². The van der Waals surface area contributed by atoms with Crippen LogP contribution < -0.4 is 16.1 Å². The van der Waals surface area contributed by atoms with Gasteiger partial charge in [0.1, 0.15) is 11.6 Å². The molecule has 162 valence electrons. The Hall–Kier alpha value is -3.34. The number of carbonyl (C=O) groups is 1. The molecule has 4 aromatic rings. The van der Waals surface area contributed by atoms with Crippen molar-refractivity contribution in [1.82, 2.24) is 4.57 Å². The van der Waals surface area contributed by atoms with Crippen molar-refractivity contribution in [3.63, 3.8) is 0 Å². The van der Waals surface area contributed by atoms with Crippen molar-refractivity contribution in [2.24, 2.45) is 0 Å². The molecule has 1 aromatic heterocycles. The zero-order valence-corrected chi connectivity index (χ0v) is 18.7. The number of halogens is 4. The number of nitrogens with one attached hydrogen (secondary N) is 2. The quantitative estimate of drug-likeness (QED) is 0.321. The molecule has 0 saturated heterocycles. The van der Waals surface area contributed by atoms with E-state index in [0.29, 0.717) is 21.0 Å². The Morgan fingerprint density at radius 1 is 0.969 bits per heavy atom. The van der Waals surface area contributed by atoms with E-state index in [4.69, 9.17) is 0 Å². The summed E-state index contributed by atoms with van der Waals surface area (Å²) in [6.45, 7) is 1.35. The molecule has 1 amide bonds. The summed E-state index contributed by atoms with van der Waals surface area (Å²) in [5.74, 6) is -2.93. The molecule has 1 heterocycles. The number of amides is 1. The van der Waals surface area contributed by atoms with Gasteiger partial charge in [0.2, 0.25) is 5.91 Å². The van der Waals surface area contributed by atoms with Crippen LogP contribution in [0.2, 0.25) is 0 Å². The minimum Gasteiger partial charge on any atom is -0.350 e. The Morgan fingerprint density at radius 3 is 2.47 bits per heavy atom. The summed E-state index contributed by atoms with van der Waals surface area (Å²) < 4.78 is 46.1. The van der Waals surface area contributed by atoms with Crippen LogP contribution in [0.15, 0.2) is 65.6 Å². The molecule has 4 rings (SSSR count). The minimum absolute atomic E-state index is 0.0558. The molecule has 0 aliphatic rings. The summed E-state index contributed by atoms with van der Waals surface area (Å²) in [6.07, 6.45) is 1.35. The highest BCUT2D eigenvalue weighted by molar-refractivity contribution is 14.1. The van der Waals surface area contributed by atoms with E-state index in [1.54, 1.807) is 30.3 Å². The van der Waals surface area contributed by atoms with Gasteiger partial charge in [-0.25, -0.2) is 13.2 Å². The van der Waals surface area contributed by atoms with Crippen LogP contribution in [0.3, 0.4) is 0 Å². The maximum Gasteiger partial charge on any atom is 0.221 e. The van der Waals surface area contributed by atoms with Crippen molar-refractivity contribution in [1.29, 1.82) is 0 Å². The summed E-state index contributed by atoms with van der Waals surface area (Å²) in [5.41, 5.74) is -0.325. The average molecular weight is 549 g/mol. The number of aromatic nitrogens is 1. The zero-order chi connectivity index (χ0) is 23.0. The van der Waals surface area contributed by atoms with Crippen LogP contribution in [-0.2, 0) is 4.79 Å². The topological polar surface area (TPSA) is 63.1 Å². The van der Waals surface area contributed by atoms with E-state index in [1.807, 2.05) is 22.6 Å². The maximum absolute atomic E-state index is 15.0. The predicted molar refractivity (Wildman–Crippen MR) is 126 cm³/mol. The molecule has 3 aromatic carbocycles. The minimum atomic E-state index is -1.03. The molecule has 5 nitrogen and oxygen atoms in total. The van der Waals surface area contributed by atoms with E-state index in [0.717, 1.165) is 0 Å². The molecule has 0 atom stereocenters. The molecule has 0 spiro atoms. The first kappa shape index (κ1) is 21.9. The molecule has 0 aliphatic carbocycles. The first-order chi connectivity index (χ1) is 15.2. The van der Waals surface area contributed by atoms with Gasteiger partial charge in [0.15, 0.2) is 11.2 Å². The third kappa shape index (κ3) is 4.20. The Kier molecular flexibility index (Phi) is 5.92. The van der Waals surface area contributed by atoms with Crippen LogP contribution in [0, 0.1) is 21.0 Å². The van der Waals surface area contributed by atoms with Crippen LogP contribution in [0.5, 0.6) is 0 Å². The van der Waals surface area contributed by atoms with Crippen LogP contribution >= 0.6 is 22.6 Å². The number of anilines is 3. The molecule has 0 unspecified atom stereocenters. The van der Waals surface area contributed by atoms with E-state index in [9.17, 15) is 22.8 Å². The highest BCUT2D eigenvalue weighted by Crippen LogP contribution is 2.32. The van der Waals surface area contributed by atoms with Gasteiger partial charge in [-0.15, -0.1) is 0 Å². The normalized spacial score (nSPS) is 10.9. The highest BCUT2D eigenvalue weighted by atomic mass is 127. The Balaban J connectivity index is 1.95. The Morgan fingerprint density at radius 2 is 1.75 bits per heavy atom. The summed E-state index contributed by atoms with van der Waals surface area (Å²) >= 11 is 1.93. The molecule has 32 heavy (non-hydrogen) atoms. The lowest BCUT2D eigenvalue weighted by atomic mass is 10.1. The smallest absolute Gasteiger partial charge is 0.221 e. The number of hydrogen-bond donors (Lipinski definition) is 2. The van der Waals surface area contributed by atoms with Gasteiger partial charge in [0.05, 0.1) is 22.3 Å². The number of rotatable bonds is 4. The van der Waals surface area contributed by atoms with E-state index >= 15 is 0 Å². The molecule has 9 heteroatoms. The Labute approximate surface area is 194 Å². The maximum atomic E-state index is 15.0. The standard InChI is InChI=1S/C23H15F3IN3O2/c1-12(31)28-14-3-2-4-15(10-14)30-8-7-20(32)21-22(17(25)11-18(26)23(21)30)29-19-6-5-13(27)9-16(19)24/h2-11,29H,1H3,(H,28,31). The lowest BCUT2D eigenvalue weighted by Gasteiger charge is -2.17. The third-order valence-corrected chi connectivity index (χ3v) is 5.37. The zero-order valence-electron chi connectivity index (χ0n) is 16.5. The molecule has 0 bridgehead atoms. The summed E-state index contributed by atoms with van der Waals surface area (Å²) in [7, 11) is 0. The van der Waals surface area contributed by atoms with E-state index < -0.39 is 22.9 Å². The first-order valence-electron chi connectivity index (χ1n) is 9.38. The number of fused-ring (bicyclic) bond motifs is 1. The summed E-state index contributed by atoms with van der Waals surface area (Å²) in [6, 6.07) is 12.6. The molecular formula is C23H15F3IN3O2. The number of nitrogens with zero attached hydrogens (tertiary/aromatic N) is 1. The molecule has 0 fully saturated rings. The number of pyridine rings is 1. The van der Waals surface area contributed by atoms with Crippen LogP contribution in [-0.4, -0.2) is 10.5 Å². The lowest BCUT2D eigenvalue weighted by molar-refractivity contribution is -0.114. The SMILES string of the molecule is CC(=O)Nc1cccc(-n2ccc(=O)c3c(Nc4ccc(I)cc4F)c(F)cc(F)c32)c1. The van der Waals surface area contributed by atoms with Crippen molar-refractivity contribution >= 4 is 56.5 Å². The second-order valence-electron chi connectivity index (χ2n) is 6.97. The van der Waals surface area contributed by atoms with Crippen molar-refractivity contribution in [3.05, 3.63) is 92.0 Å². The predicted octanol–water partition coefficient (Wildman–Crippen LogP) is 5.71. The van der Waals surface area contributed by atoms with Crippen LogP contribution in [0.1, 0.15) is 6.92 Å². The highest BCUT2D eigenvalue weighted by Gasteiger charge is 2.19. The van der Waals surface area contributed by atoms with Crippen LogP contribution in [0.25, 0.3) is 16.6 Å². The molecule has 2 N–H and O–H groups in total. The van der Waals surface area contributed by atoms with Crippen molar-refractivity contribution in [3.8, 4) is 5.69 Å². The average Bonchev–Trinajstić information content (AvgIpc) is 2.72. The van der Waals surface area contributed by atoms with Crippen molar-refractivity contribution in [2.75, 3.05) is 10.6 Å². The Bertz CT molecular complexity index is 1440. The first-order valence-corrected chi connectivity index (χ1v) is 10.5. The second-order valence-corrected chi connectivity index (χ2v) is 8.22. The van der Waals surface area contributed by atoms with E-state index in [-0.39, 0.29) is 28.2 Å². The van der Waals surface area contributed by atoms with Crippen molar-refractivity contribution < 1.29 is 18.0 Å². The fourth-order valence-electron chi connectivity index (χ4n) is 3.38. The van der Waals surface area contributed by atoms with Gasteiger partial charge in [-0.1, -0.05) is 6.07 Å². The second kappa shape index (κ2) is 8.65. The molecule has 0 aliphatic heterocycles. The monoisotopic (exact) mass is 549 g/mol. The van der Waals surface area contributed by atoms with E-state index in [2.05, 4.69) is 10.6 Å². The van der Waals surface area contributed by atoms with Gasteiger partial charge in [0.25, 0.3) is 0 Å². The van der Waals surface area contributed by atoms with Gasteiger partial charge in [-0.2, -0.15) is 0 Å². The fraction of sp³-hybridized carbons (Fsp3) is 0.0435. The van der Waals surface area contributed by atoms with Crippen LogP contribution in [0.4, 0.5) is 30.2 Å². The number of benzene rings is 3. The van der Waals surface area contributed by atoms with Gasteiger partial charge in [0, 0.05) is 40.2 Å². The van der Waals surface area contributed by atoms with Gasteiger partial charge < -0.3 is 15.2 Å². The van der Waals surface area contributed by atoms with Gasteiger partial charge in [-0.3, -0.25) is 9.59 Å². The third-order valence-electron chi connectivity index (χ3n) is 4.70. The van der Waals surface area contributed by atoms with Crippen molar-refractivity contribution in [2.45, 2.75) is 6.92 Å². The molecule has 0 saturated carbocycles. The number of carbonyl (C=O) groups excluding carboxylic acids is 1. The molecule has 0 radical (unpaired) electrons.